The van der Waals surface area contributed by atoms with Crippen LogP contribution in [-0.4, -0.2) is 30.6 Å². The van der Waals surface area contributed by atoms with Crippen LogP contribution in [0.15, 0.2) is 12.1 Å². The van der Waals surface area contributed by atoms with Crippen LogP contribution in [0.25, 0.3) is 0 Å². The summed E-state index contributed by atoms with van der Waals surface area (Å²) in [5.41, 5.74) is 0.270. The summed E-state index contributed by atoms with van der Waals surface area (Å²) in [5.74, 6) is -1.20. The standard InChI is InChI=1S/C14H15F3N2/c1-2-5-19-6-3-10(4-7-19)18-11-8-12(15)14(17)13(16)9-11/h1,8-10,18H,3-7H2. The molecule has 1 aliphatic rings. The first kappa shape index (κ1) is 13.8. The lowest BCUT2D eigenvalue weighted by atomic mass is 10.0. The molecule has 0 atom stereocenters. The summed E-state index contributed by atoms with van der Waals surface area (Å²) in [4.78, 5) is 2.14. The van der Waals surface area contributed by atoms with Crippen LogP contribution in [0.3, 0.4) is 0 Å². The number of anilines is 1. The van der Waals surface area contributed by atoms with Crippen molar-refractivity contribution in [3.05, 3.63) is 29.6 Å². The van der Waals surface area contributed by atoms with Gasteiger partial charge in [-0.15, -0.1) is 6.42 Å². The summed E-state index contributed by atoms with van der Waals surface area (Å²) in [5, 5.41) is 3.03. The highest BCUT2D eigenvalue weighted by molar-refractivity contribution is 5.45. The van der Waals surface area contributed by atoms with Crippen molar-refractivity contribution >= 4 is 5.69 Å². The van der Waals surface area contributed by atoms with Crippen molar-refractivity contribution in [1.29, 1.82) is 0 Å². The smallest absolute Gasteiger partial charge is 0.194 e. The van der Waals surface area contributed by atoms with E-state index in [4.69, 9.17) is 6.42 Å². The minimum Gasteiger partial charge on any atom is -0.382 e. The summed E-state index contributed by atoms with van der Waals surface area (Å²) < 4.78 is 39.0. The Morgan fingerprint density at radius 2 is 1.79 bits per heavy atom. The highest BCUT2D eigenvalue weighted by Crippen LogP contribution is 2.20. The number of halogens is 3. The summed E-state index contributed by atoms with van der Waals surface area (Å²) >= 11 is 0. The molecule has 1 N–H and O–H groups in total. The number of piperidine rings is 1. The predicted octanol–water partition coefficient (Wildman–Crippen LogP) is 2.61. The largest absolute Gasteiger partial charge is 0.382 e. The molecule has 1 heterocycles. The molecular formula is C14H15F3N2. The minimum atomic E-state index is -1.44. The van der Waals surface area contributed by atoms with Crippen molar-refractivity contribution < 1.29 is 13.2 Å². The van der Waals surface area contributed by atoms with Gasteiger partial charge in [0.2, 0.25) is 0 Å². The molecule has 0 amide bonds. The summed E-state index contributed by atoms with van der Waals surface area (Å²) in [7, 11) is 0. The zero-order valence-electron chi connectivity index (χ0n) is 10.4. The number of benzene rings is 1. The van der Waals surface area contributed by atoms with Gasteiger partial charge in [0.05, 0.1) is 6.54 Å². The van der Waals surface area contributed by atoms with Crippen LogP contribution in [0.2, 0.25) is 0 Å². The second-order valence-corrected chi connectivity index (χ2v) is 4.65. The van der Waals surface area contributed by atoms with Gasteiger partial charge in [-0.25, -0.2) is 13.2 Å². The molecule has 1 fully saturated rings. The SMILES string of the molecule is C#CCN1CCC(Nc2cc(F)c(F)c(F)c2)CC1. The third-order valence-electron chi connectivity index (χ3n) is 3.26. The van der Waals surface area contributed by atoms with Gasteiger partial charge in [-0.3, -0.25) is 4.90 Å². The van der Waals surface area contributed by atoms with E-state index in [1.807, 2.05) is 0 Å². The third kappa shape index (κ3) is 3.42. The fourth-order valence-electron chi connectivity index (χ4n) is 2.24. The first-order valence-electron chi connectivity index (χ1n) is 6.17. The van der Waals surface area contributed by atoms with E-state index in [0.717, 1.165) is 38.1 Å². The molecule has 5 heteroatoms. The lowest BCUT2D eigenvalue weighted by Crippen LogP contribution is -2.39. The molecule has 0 spiro atoms. The molecule has 0 aliphatic carbocycles. The summed E-state index contributed by atoms with van der Waals surface area (Å²) in [6, 6.07) is 2.08. The number of nitrogens with one attached hydrogen (secondary N) is 1. The average molecular weight is 268 g/mol. The fraction of sp³-hybridized carbons (Fsp3) is 0.429. The Kier molecular flexibility index (Phi) is 4.33. The topological polar surface area (TPSA) is 15.3 Å². The van der Waals surface area contributed by atoms with Crippen molar-refractivity contribution in [2.24, 2.45) is 0 Å². The molecular weight excluding hydrogens is 253 g/mol. The molecule has 1 saturated heterocycles. The summed E-state index contributed by atoms with van der Waals surface area (Å²) in [6.45, 7) is 2.30. The lowest BCUT2D eigenvalue weighted by Gasteiger charge is -2.31. The Bertz CT molecular complexity index is 465. The number of hydrogen-bond donors (Lipinski definition) is 1. The molecule has 2 rings (SSSR count). The molecule has 0 unspecified atom stereocenters. The van der Waals surface area contributed by atoms with Gasteiger partial charge in [-0.1, -0.05) is 5.92 Å². The molecule has 1 aliphatic heterocycles. The van der Waals surface area contributed by atoms with E-state index in [9.17, 15) is 13.2 Å². The van der Waals surface area contributed by atoms with Crippen LogP contribution in [0.5, 0.6) is 0 Å². The summed E-state index contributed by atoms with van der Waals surface area (Å²) in [6.07, 6.45) is 6.91. The van der Waals surface area contributed by atoms with Gasteiger partial charge >= 0.3 is 0 Å². The number of terminal acetylenes is 1. The highest BCUT2D eigenvalue weighted by Gasteiger charge is 2.19. The molecule has 19 heavy (non-hydrogen) atoms. The maximum atomic E-state index is 13.1. The van der Waals surface area contributed by atoms with Crippen LogP contribution in [0.4, 0.5) is 18.9 Å². The van der Waals surface area contributed by atoms with Gasteiger partial charge in [0.15, 0.2) is 17.5 Å². The van der Waals surface area contributed by atoms with Crippen molar-refractivity contribution in [3.63, 3.8) is 0 Å². The molecule has 0 radical (unpaired) electrons. The van der Waals surface area contributed by atoms with E-state index in [0.29, 0.717) is 6.54 Å². The van der Waals surface area contributed by atoms with Crippen LogP contribution < -0.4 is 5.32 Å². The predicted molar refractivity (Wildman–Crippen MR) is 68.2 cm³/mol. The Morgan fingerprint density at radius 1 is 1.21 bits per heavy atom. The number of rotatable bonds is 3. The molecule has 2 nitrogen and oxygen atoms in total. The average Bonchev–Trinajstić information content (AvgIpc) is 2.38. The highest BCUT2D eigenvalue weighted by atomic mass is 19.2. The van der Waals surface area contributed by atoms with Gasteiger partial charge < -0.3 is 5.32 Å². The minimum absolute atomic E-state index is 0.123. The maximum absolute atomic E-state index is 13.1. The van der Waals surface area contributed by atoms with E-state index in [2.05, 4.69) is 16.1 Å². The van der Waals surface area contributed by atoms with Gasteiger partial charge in [-0.05, 0) is 12.8 Å². The Morgan fingerprint density at radius 3 is 2.32 bits per heavy atom. The quantitative estimate of drug-likeness (QED) is 0.669. The molecule has 0 bridgehead atoms. The van der Waals surface area contributed by atoms with Crippen molar-refractivity contribution in [2.75, 3.05) is 25.0 Å². The van der Waals surface area contributed by atoms with Crippen molar-refractivity contribution in [1.82, 2.24) is 4.90 Å². The van der Waals surface area contributed by atoms with E-state index >= 15 is 0 Å². The zero-order chi connectivity index (χ0) is 13.8. The molecule has 102 valence electrons. The van der Waals surface area contributed by atoms with Crippen LogP contribution >= 0.6 is 0 Å². The van der Waals surface area contributed by atoms with Crippen LogP contribution in [0.1, 0.15) is 12.8 Å². The van der Waals surface area contributed by atoms with Crippen molar-refractivity contribution in [2.45, 2.75) is 18.9 Å². The Labute approximate surface area is 110 Å². The number of hydrogen-bond acceptors (Lipinski definition) is 2. The van der Waals surface area contributed by atoms with Gasteiger partial charge in [0.25, 0.3) is 0 Å². The normalized spacial score (nSPS) is 17.2. The van der Waals surface area contributed by atoms with Gasteiger partial charge in [-0.2, -0.15) is 0 Å². The zero-order valence-corrected chi connectivity index (χ0v) is 10.4. The van der Waals surface area contributed by atoms with E-state index in [-0.39, 0.29) is 11.7 Å². The fourth-order valence-corrected chi connectivity index (χ4v) is 2.24. The first-order valence-corrected chi connectivity index (χ1v) is 6.17. The molecule has 0 aromatic heterocycles. The van der Waals surface area contributed by atoms with Crippen LogP contribution in [-0.2, 0) is 0 Å². The molecule has 0 saturated carbocycles. The Hall–Kier alpha value is -1.67. The molecule has 1 aromatic carbocycles. The van der Waals surface area contributed by atoms with E-state index < -0.39 is 17.5 Å². The van der Waals surface area contributed by atoms with Crippen molar-refractivity contribution in [3.8, 4) is 12.3 Å². The number of likely N-dealkylation sites (tertiary alicyclic amines) is 1. The number of nitrogens with zero attached hydrogens (tertiary/aromatic N) is 1. The lowest BCUT2D eigenvalue weighted by molar-refractivity contribution is 0.243. The van der Waals surface area contributed by atoms with Gasteiger partial charge in [0, 0.05) is 37.0 Å². The van der Waals surface area contributed by atoms with E-state index in [1.165, 1.54) is 0 Å². The monoisotopic (exact) mass is 268 g/mol. The third-order valence-corrected chi connectivity index (χ3v) is 3.26. The van der Waals surface area contributed by atoms with Gasteiger partial charge in [0.1, 0.15) is 0 Å². The van der Waals surface area contributed by atoms with E-state index in [1.54, 1.807) is 0 Å². The second-order valence-electron chi connectivity index (χ2n) is 4.65. The first-order chi connectivity index (χ1) is 9.10. The van der Waals surface area contributed by atoms with Crippen LogP contribution in [0, 0.1) is 29.8 Å². The second kappa shape index (κ2) is 5.98. The maximum Gasteiger partial charge on any atom is 0.194 e. The Balaban J connectivity index is 1.94. The molecule has 1 aromatic rings.